The first-order valence-electron chi connectivity index (χ1n) is 9.06. The van der Waals surface area contributed by atoms with E-state index in [0.29, 0.717) is 10.9 Å². The minimum atomic E-state index is -0.589. The number of aryl methyl sites for hydroxylation is 1. The number of anilines is 2. The van der Waals surface area contributed by atoms with E-state index in [9.17, 15) is 14.9 Å². The van der Waals surface area contributed by atoms with E-state index in [4.69, 9.17) is 5.73 Å². The zero-order valence-corrected chi connectivity index (χ0v) is 16.1. The summed E-state index contributed by atoms with van der Waals surface area (Å²) in [6.45, 7) is 1.95. The molecule has 2 aromatic carbocycles. The maximum Gasteiger partial charge on any atom is 0.292 e. The van der Waals surface area contributed by atoms with Crippen molar-refractivity contribution in [1.82, 2.24) is 0 Å². The van der Waals surface area contributed by atoms with Gasteiger partial charge in [-0.2, -0.15) is 0 Å². The first-order valence-corrected chi connectivity index (χ1v) is 9.94. The number of amides is 1. The van der Waals surface area contributed by atoms with Gasteiger partial charge < -0.3 is 11.1 Å². The fourth-order valence-electron chi connectivity index (χ4n) is 3.26. The zero-order chi connectivity index (χ0) is 19.4. The van der Waals surface area contributed by atoms with E-state index in [1.54, 1.807) is 0 Å². The summed E-state index contributed by atoms with van der Waals surface area (Å²) in [5, 5.41) is 14.5. The molecule has 0 spiro atoms. The molecule has 3 N–H and O–H groups in total. The van der Waals surface area contributed by atoms with Crippen LogP contribution in [0.15, 0.2) is 41.3 Å². The topological polar surface area (TPSA) is 98.3 Å². The summed E-state index contributed by atoms with van der Waals surface area (Å²) in [6, 6.07) is 10.1. The lowest BCUT2D eigenvalue weighted by molar-refractivity contribution is -0.383. The van der Waals surface area contributed by atoms with Crippen LogP contribution in [0, 0.1) is 17.0 Å². The van der Waals surface area contributed by atoms with Gasteiger partial charge in [0.25, 0.3) is 11.6 Å². The molecule has 1 fully saturated rings. The van der Waals surface area contributed by atoms with Crippen molar-refractivity contribution in [3.63, 3.8) is 0 Å². The third kappa shape index (κ3) is 4.80. The van der Waals surface area contributed by atoms with Gasteiger partial charge in [0, 0.05) is 27.5 Å². The molecule has 0 aromatic heterocycles. The number of carbonyl (C=O) groups excluding carboxylic acids is 1. The van der Waals surface area contributed by atoms with Gasteiger partial charge in [0.05, 0.1) is 4.92 Å². The quantitative estimate of drug-likeness (QED) is 0.421. The fourth-order valence-corrected chi connectivity index (χ4v) is 4.61. The molecule has 1 aliphatic rings. The van der Waals surface area contributed by atoms with Crippen molar-refractivity contribution < 1.29 is 9.72 Å². The molecule has 1 amide bonds. The Morgan fingerprint density at radius 2 is 1.93 bits per heavy atom. The van der Waals surface area contributed by atoms with Gasteiger partial charge in [-0.3, -0.25) is 14.9 Å². The van der Waals surface area contributed by atoms with Crippen LogP contribution in [0.4, 0.5) is 17.1 Å². The van der Waals surface area contributed by atoms with Gasteiger partial charge in [-0.1, -0.05) is 19.3 Å². The lowest BCUT2D eigenvalue weighted by Gasteiger charge is -2.21. The van der Waals surface area contributed by atoms with Crippen LogP contribution in [0.3, 0.4) is 0 Å². The van der Waals surface area contributed by atoms with E-state index in [1.165, 1.54) is 55.2 Å². The minimum Gasteiger partial charge on any atom is -0.393 e. The molecular weight excluding hydrogens is 362 g/mol. The molecule has 0 bridgehead atoms. The molecular formula is C20H23N3O3S. The zero-order valence-electron chi connectivity index (χ0n) is 15.2. The van der Waals surface area contributed by atoms with Crippen molar-refractivity contribution in [2.24, 2.45) is 0 Å². The lowest BCUT2D eigenvalue weighted by Crippen LogP contribution is -2.13. The standard InChI is InChI=1S/C20H23N3O3S/c1-13-11-16(27-15-5-3-2-4-6-15)8-10-18(13)22-20(24)14-7-9-17(21)19(12-14)23(25)26/h7-12,15H,2-6,21H2,1H3,(H,22,24). The number of nitrogens with one attached hydrogen (secondary N) is 1. The van der Waals surface area contributed by atoms with Crippen molar-refractivity contribution in [3.8, 4) is 0 Å². The molecule has 2 aromatic rings. The number of benzene rings is 2. The molecule has 142 valence electrons. The highest BCUT2D eigenvalue weighted by Gasteiger charge is 2.17. The SMILES string of the molecule is Cc1cc(SC2CCCCC2)ccc1NC(=O)c1ccc(N)c([N+](=O)[O-])c1. The van der Waals surface area contributed by atoms with E-state index < -0.39 is 10.8 Å². The van der Waals surface area contributed by atoms with E-state index in [1.807, 2.05) is 30.8 Å². The molecule has 0 atom stereocenters. The Balaban J connectivity index is 1.70. The van der Waals surface area contributed by atoms with Crippen LogP contribution in [0.5, 0.6) is 0 Å². The monoisotopic (exact) mass is 385 g/mol. The molecule has 0 saturated heterocycles. The number of nitro benzene ring substituents is 1. The van der Waals surface area contributed by atoms with Crippen LogP contribution in [0.25, 0.3) is 0 Å². The van der Waals surface area contributed by atoms with Crippen LogP contribution < -0.4 is 11.1 Å². The predicted molar refractivity (Wildman–Crippen MR) is 109 cm³/mol. The summed E-state index contributed by atoms with van der Waals surface area (Å²) in [4.78, 5) is 24.1. The Bertz CT molecular complexity index is 864. The van der Waals surface area contributed by atoms with Crippen molar-refractivity contribution in [3.05, 3.63) is 57.6 Å². The van der Waals surface area contributed by atoms with Crippen LogP contribution in [-0.2, 0) is 0 Å². The molecule has 6 nitrogen and oxygen atoms in total. The van der Waals surface area contributed by atoms with Gasteiger partial charge in [-0.05, 0) is 55.7 Å². The Hall–Kier alpha value is -2.54. The molecule has 0 aliphatic heterocycles. The van der Waals surface area contributed by atoms with Crippen LogP contribution in [0.2, 0.25) is 0 Å². The first-order chi connectivity index (χ1) is 12.9. The first kappa shape index (κ1) is 19.2. The molecule has 27 heavy (non-hydrogen) atoms. The number of carbonyl (C=O) groups is 1. The van der Waals surface area contributed by atoms with Crippen LogP contribution in [-0.4, -0.2) is 16.1 Å². The smallest absolute Gasteiger partial charge is 0.292 e. The highest BCUT2D eigenvalue weighted by molar-refractivity contribution is 8.00. The number of nitrogen functional groups attached to an aromatic ring is 1. The Morgan fingerprint density at radius 1 is 1.19 bits per heavy atom. The summed E-state index contributed by atoms with van der Waals surface area (Å²) in [5.41, 5.74) is 7.23. The molecule has 7 heteroatoms. The second kappa shape index (κ2) is 8.43. The Labute approximate surface area is 162 Å². The molecule has 3 rings (SSSR count). The summed E-state index contributed by atoms with van der Waals surface area (Å²) < 4.78 is 0. The number of nitrogens with two attached hydrogens (primary N) is 1. The number of hydrogen-bond acceptors (Lipinski definition) is 5. The van der Waals surface area contributed by atoms with Gasteiger partial charge >= 0.3 is 0 Å². The number of thioether (sulfide) groups is 1. The van der Waals surface area contributed by atoms with Gasteiger partial charge in [-0.25, -0.2) is 0 Å². The Morgan fingerprint density at radius 3 is 2.59 bits per heavy atom. The largest absolute Gasteiger partial charge is 0.393 e. The van der Waals surface area contributed by atoms with E-state index in [2.05, 4.69) is 11.4 Å². The van der Waals surface area contributed by atoms with E-state index in [-0.39, 0.29) is 16.9 Å². The predicted octanol–water partition coefficient (Wildman–Crippen LogP) is 5.16. The highest BCUT2D eigenvalue weighted by atomic mass is 32.2. The highest BCUT2D eigenvalue weighted by Crippen LogP contribution is 2.35. The van der Waals surface area contributed by atoms with Crippen molar-refractivity contribution in [2.45, 2.75) is 49.2 Å². The van der Waals surface area contributed by atoms with Gasteiger partial charge in [0.2, 0.25) is 0 Å². The van der Waals surface area contributed by atoms with Crippen molar-refractivity contribution >= 4 is 34.7 Å². The summed E-state index contributed by atoms with van der Waals surface area (Å²) >= 11 is 1.91. The lowest BCUT2D eigenvalue weighted by atomic mass is 10.0. The minimum absolute atomic E-state index is 0.0387. The summed E-state index contributed by atoms with van der Waals surface area (Å²) in [7, 11) is 0. The molecule has 0 heterocycles. The van der Waals surface area contributed by atoms with Crippen molar-refractivity contribution in [2.75, 3.05) is 11.1 Å². The van der Waals surface area contributed by atoms with Gasteiger partial charge in [0.15, 0.2) is 0 Å². The van der Waals surface area contributed by atoms with Gasteiger partial charge in [-0.15, -0.1) is 11.8 Å². The van der Waals surface area contributed by atoms with Gasteiger partial charge in [0.1, 0.15) is 5.69 Å². The van der Waals surface area contributed by atoms with E-state index >= 15 is 0 Å². The second-order valence-electron chi connectivity index (χ2n) is 6.84. The maximum absolute atomic E-state index is 12.5. The van der Waals surface area contributed by atoms with E-state index in [0.717, 1.165) is 5.56 Å². The number of nitro groups is 1. The number of hydrogen-bond donors (Lipinski definition) is 2. The van der Waals surface area contributed by atoms with Crippen molar-refractivity contribution in [1.29, 1.82) is 0 Å². The fraction of sp³-hybridized carbons (Fsp3) is 0.350. The average Bonchev–Trinajstić information content (AvgIpc) is 2.65. The normalized spacial score (nSPS) is 14.7. The Kier molecular flexibility index (Phi) is 6.01. The average molecular weight is 385 g/mol. The summed E-state index contributed by atoms with van der Waals surface area (Å²) in [5.74, 6) is -0.395. The molecule has 1 aliphatic carbocycles. The molecule has 0 radical (unpaired) electrons. The molecule has 0 unspecified atom stereocenters. The number of nitrogens with zero attached hydrogens (tertiary/aromatic N) is 1. The molecule has 1 saturated carbocycles. The summed E-state index contributed by atoms with van der Waals surface area (Å²) in [6.07, 6.45) is 6.47. The van der Waals surface area contributed by atoms with Crippen LogP contribution in [0.1, 0.15) is 48.0 Å². The number of rotatable bonds is 5. The maximum atomic E-state index is 12.5. The third-order valence-electron chi connectivity index (χ3n) is 4.79. The third-order valence-corrected chi connectivity index (χ3v) is 6.12. The van der Waals surface area contributed by atoms with Crippen LogP contribution >= 0.6 is 11.8 Å². The second-order valence-corrected chi connectivity index (χ2v) is 8.21.